The molecule has 1 heterocycles. The van der Waals surface area contributed by atoms with E-state index in [1.165, 1.54) is 12.1 Å². The average molecular weight is 301 g/mol. The molecule has 0 spiro atoms. The van der Waals surface area contributed by atoms with E-state index in [-0.39, 0.29) is 23.6 Å². The minimum atomic E-state index is -0.952. The zero-order valence-electron chi connectivity index (χ0n) is 12.3. The quantitative estimate of drug-likeness (QED) is 0.869. The third-order valence-electron chi connectivity index (χ3n) is 4.34. The van der Waals surface area contributed by atoms with Crippen LogP contribution < -0.4 is 0 Å². The molecular weight excluding hydrogens is 282 g/mol. The number of hydrogen-bond donors (Lipinski definition) is 1. The summed E-state index contributed by atoms with van der Waals surface area (Å²) in [5, 5.41) is 8.86. The number of hydrogen-bond acceptors (Lipinski definition) is 3. The normalized spacial score (nSPS) is 24.5. The number of benzene rings is 1. The summed E-state index contributed by atoms with van der Waals surface area (Å²) < 4.78 is 5.71. The summed E-state index contributed by atoms with van der Waals surface area (Å²) in [6.07, 6.45) is 6.65. The zero-order chi connectivity index (χ0) is 15.5. The van der Waals surface area contributed by atoms with E-state index in [1.54, 1.807) is 24.3 Å². The monoisotopic (exact) mass is 301 g/mol. The van der Waals surface area contributed by atoms with Crippen LogP contribution in [0.1, 0.15) is 35.2 Å². The average Bonchev–Trinajstić information content (AvgIpc) is 3.01. The largest absolute Gasteiger partial charge is 0.478 e. The standard InChI is InChI=1S/C17H19NO4/c19-16(18-10-11-22-15-3-1-2-14(15)18)9-6-12-4-7-13(8-5-12)17(20)21/h4-9,14-15H,1-3,10-11H2,(H,20,21). The molecule has 3 rings (SSSR count). The van der Waals surface area contributed by atoms with E-state index >= 15 is 0 Å². The Morgan fingerprint density at radius 3 is 2.73 bits per heavy atom. The van der Waals surface area contributed by atoms with Gasteiger partial charge in [0.15, 0.2) is 0 Å². The van der Waals surface area contributed by atoms with Crippen LogP contribution in [0, 0.1) is 0 Å². The van der Waals surface area contributed by atoms with Gasteiger partial charge in [-0.05, 0) is 43.0 Å². The number of morpholine rings is 1. The summed E-state index contributed by atoms with van der Waals surface area (Å²) in [6.45, 7) is 1.25. The van der Waals surface area contributed by atoms with Crippen LogP contribution >= 0.6 is 0 Å². The maximum Gasteiger partial charge on any atom is 0.335 e. The van der Waals surface area contributed by atoms with E-state index in [0.29, 0.717) is 13.2 Å². The highest BCUT2D eigenvalue weighted by Crippen LogP contribution is 2.29. The third kappa shape index (κ3) is 3.04. The van der Waals surface area contributed by atoms with Gasteiger partial charge in [-0.25, -0.2) is 4.79 Å². The SMILES string of the molecule is O=C(O)c1ccc(C=CC(=O)N2CCOC3CCCC32)cc1. The lowest BCUT2D eigenvalue weighted by Crippen LogP contribution is -2.50. The molecule has 0 aromatic heterocycles. The molecule has 1 aliphatic carbocycles. The maximum atomic E-state index is 12.4. The van der Waals surface area contributed by atoms with Crippen molar-refractivity contribution < 1.29 is 19.4 Å². The van der Waals surface area contributed by atoms with Crippen LogP contribution in [0.4, 0.5) is 0 Å². The van der Waals surface area contributed by atoms with Gasteiger partial charge in [-0.3, -0.25) is 4.79 Å². The molecule has 116 valence electrons. The first-order chi connectivity index (χ1) is 10.6. The van der Waals surface area contributed by atoms with Gasteiger partial charge in [0.1, 0.15) is 0 Å². The van der Waals surface area contributed by atoms with Crippen LogP contribution in [0.3, 0.4) is 0 Å². The van der Waals surface area contributed by atoms with Crippen molar-refractivity contribution in [1.29, 1.82) is 0 Å². The molecule has 1 N–H and O–H groups in total. The summed E-state index contributed by atoms with van der Waals surface area (Å²) >= 11 is 0. The van der Waals surface area contributed by atoms with Crippen LogP contribution in [-0.2, 0) is 9.53 Å². The lowest BCUT2D eigenvalue weighted by Gasteiger charge is -2.37. The molecule has 1 amide bonds. The second kappa shape index (κ2) is 6.32. The molecule has 0 radical (unpaired) electrons. The Hall–Kier alpha value is -2.14. The fourth-order valence-corrected chi connectivity index (χ4v) is 3.20. The molecule has 22 heavy (non-hydrogen) atoms. The molecule has 1 saturated heterocycles. The molecule has 2 atom stereocenters. The number of ether oxygens (including phenoxy) is 1. The first-order valence-corrected chi connectivity index (χ1v) is 7.59. The van der Waals surface area contributed by atoms with Gasteiger partial charge in [0.2, 0.25) is 5.91 Å². The summed E-state index contributed by atoms with van der Waals surface area (Å²) in [5.41, 5.74) is 1.06. The fraction of sp³-hybridized carbons (Fsp3) is 0.412. The number of rotatable bonds is 3. The zero-order valence-corrected chi connectivity index (χ0v) is 12.3. The van der Waals surface area contributed by atoms with Crippen molar-refractivity contribution in [2.24, 2.45) is 0 Å². The summed E-state index contributed by atoms with van der Waals surface area (Å²) in [5.74, 6) is -0.949. The van der Waals surface area contributed by atoms with Gasteiger partial charge >= 0.3 is 5.97 Å². The number of aromatic carboxylic acids is 1. The van der Waals surface area contributed by atoms with Crippen LogP contribution in [-0.4, -0.2) is 47.2 Å². The minimum absolute atomic E-state index is 0.00233. The number of carboxylic acids is 1. The third-order valence-corrected chi connectivity index (χ3v) is 4.34. The highest BCUT2D eigenvalue weighted by molar-refractivity contribution is 5.92. The molecule has 1 aliphatic heterocycles. The van der Waals surface area contributed by atoms with Crippen molar-refractivity contribution in [3.05, 3.63) is 41.5 Å². The molecule has 2 aliphatic rings. The highest BCUT2D eigenvalue weighted by atomic mass is 16.5. The van der Waals surface area contributed by atoms with Gasteiger partial charge < -0.3 is 14.7 Å². The second-order valence-corrected chi connectivity index (χ2v) is 5.70. The Kier molecular flexibility index (Phi) is 4.24. The van der Waals surface area contributed by atoms with Crippen molar-refractivity contribution in [1.82, 2.24) is 4.90 Å². The number of carboxylic acid groups (broad SMARTS) is 1. The first kappa shape index (κ1) is 14.8. The Morgan fingerprint density at radius 1 is 1.23 bits per heavy atom. The van der Waals surface area contributed by atoms with Crippen LogP contribution in [0.25, 0.3) is 6.08 Å². The molecule has 2 fully saturated rings. The van der Waals surface area contributed by atoms with Gasteiger partial charge in [-0.1, -0.05) is 12.1 Å². The molecule has 0 bridgehead atoms. The number of nitrogens with zero attached hydrogens (tertiary/aromatic N) is 1. The summed E-state index contributed by atoms with van der Waals surface area (Å²) in [6, 6.07) is 6.68. The second-order valence-electron chi connectivity index (χ2n) is 5.70. The molecule has 1 aromatic rings. The van der Waals surface area contributed by atoms with Crippen molar-refractivity contribution in [3.8, 4) is 0 Å². The van der Waals surface area contributed by atoms with Crippen molar-refractivity contribution in [2.75, 3.05) is 13.2 Å². The highest BCUT2D eigenvalue weighted by Gasteiger charge is 2.37. The van der Waals surface area contributed by atoms with Crippen molar-refractivity contribution in [2.45, 2.75) is 31.4 Å². The van der Waals surface area contributed by atoms with Crippen LogP contribution in [0.2, 0.25) is 0 Å². The number of fused-ring (bicyclic) bond motifs is 1. The van der Waals surface area contributed by atoms with E-state index in [0.717, 1.165) is 24.8 Å². The van der Waals surface area contributed by atoms with E-state index in [4.69, 9.17) is 9.84 Å². The van der Waals surface area contributed by atoms with Gasteiger partial charge in [0, 0.05) is 12.6 Å². The molecule has 1 aromatic carbocycles. The van der Waals surface area contributed by atoms with Crippen LogP contribution in [0.15, 0.2) is 30.3 Å². The number of carbonyl (C=O) groups is 2. The number of carbonyl (C=O) groups excluding carboxylic acids is 1. The van der Waals surface area contributed by atoms with E-state index in [2.05, 4.69) is 0 Å². The van der Waals surface area contributed by atoms with Gasteiger partial charge in [0.05, 0.1) is 24.3 Å². The Bertz CT molecular complexity index is 593. The van der Waals surface area contributed by atoms with Crippen LogP contribution in [0.5, 0.6) is 0 Å². The first-order valence-electron chi connectivity index (χ1n) is 7.59. The summed E-state index contributed by atoms with van der Waals surface area (Å²) in [7, 11) is 0. The predicted molar refractivity (Wildman–Crippen MR) is 81.5 cm³/mol. The number of amides is 1. The molecular formula is C17H19NO4. The molecule has 5 heteroatoms. The molecule has 2 unspecified atom stereocenters. The lowest BCUT2D eigenvalue weighted by molar-refractivity contribution is -0.138. The predicted octanol–water partition coefficient (Wildman–Crippen LogP) is 2.18. The Morgan fingerprint density at radius 2 is 2.00 bits per heavy atom. The smallest absolute Gasteiger partial charge is 0.335 e. The van der Waals surface area contributed by atoms with Crippen molar-refractivity contribution >= 4 is 18.0 Å². The molecule has 1 saturated carbocycles. The Labute approximate surface area is 129 Å². The lowest BCUT2D eigenvalue weighted by atomic mass is 10.1. The van der Waals surface area contributed by atoms with E-state index in [9.17, 15) is 9.59 Å². The molecule has 5 nitrogen and oxygen atoms in total. The van der Waals surface area contributed by atoms with E-state index < -0.39 is 5.97 Å². The topological polar surface area (TPSA) is 66.8 Å². The maximum absolute atomic E-state index is 12.4. The summed E-state index contributed by atoms with van der Waals surface area (Å²) in [4.78, 5) is 25.1. The Balaban J connectivity index is 1.66. The van der Waals surface area contributed by atoms with Crippen molar-refractivity contribution in [3.63, 3.8) is 0 Å². The fourth-order valence-electron chi connectivity index (χ4n) is 3.20. The van der Waals surface area contributed by atoms with Gasteiger partial charge in [-0.2, -0.15) is 0 Å². The minimum Gasteiger partial charge on any atom is -0.478 e. The van der Waals surface area contributed by atoms with Gasteiger partial charge in [0.25, 0.3) is 0 Å². The van der Waals surface area contributed by atoms with E-state index in [1.807, 2.05) is 4.90 Å². The van der Waals surface area contributed by atoms with Gasteiger partial charge in [-0.15, -0.1) is 0 Å².